The van der Waals surface area contributed by atoms with Gasteiger partial charge in [0.05, 0.1) is 16.6 Å². The Labute approximate surface area is 115 Å². The molecule has 0 aromatic carbocycles. The van der Waals surface area contributed by atoms with Crippen LogP contribution in [0.25, 0.3) is 0 Å². The van der Waals surface area contributed by atoms with E-state index in [0.717, 1.165) is 35.4 Å². The van der Waals surface area contributed by atoms with E-state index in [1.165, 1.54) is 11.3 Å². The van der Waals surface area contributed by atoms with Crippen molar-refractivity contribution in [3.63, 3.8) is 0 Å². The van der Waals surface area contributed by atoms with E-state index in [9.17, 15) is 4.79 Å². The molecule has 0 saturated carbocycles. The Hall–Kier alpha value is -1.75. The summed E-state index contributed by atoms with van der Waals surface area (Å²) in [7, 11) is 0. The molecule has 2 aliphatic rings. The van der Waals surface area contributed by atoms with Crippen molar-refractivity contribution in [1.82, 2.24) is 14.9 Å². The monoisotopic (exact) mass is 271 g/mol. The zero-order chi connectivity index (χ0) is 12.8. The summed E-state index contributed by atoms with van der Waals surface area (Å²) in [5, 5.41) is 1.95. The fraction of sp³-hybridized carbons (Fsp3) is 0.357. The molecule has 4 nitrogen and oxygen atoms in total. The molecule has 2 bridgehead atoms. The molecular weight excluding hydrogens is 258 g/mol. The normalized spacial score (nSPS) is 24.3. The molecule has 0 spiro atoms. The molecule has 2 aromatic rings. The van der Waals surface area contributed by atoms with Crippen molar-refractivity contribution in [2.24, 2.45) is 0 Å². The van der Waals surface area contributed by atoms with Crippen molar-refractivity contribution < 1.29 is 4.79 Å². The molecule has 0 N–H and O–H groups in total. The molecule has 1 fully saturated rings. The molecule has 5 heteroatoms. The minimum absolute atomic E-state index is 0.164. The van der Waals surface area contributed by atoms with Crippen molar-refractivity contribution in [2.75, 3.05) is 0 Å². The van der Waals surface area contributed by atoms with E-state index in [1.807, 2.05) is 23.7 Å². The molecular formula is C14H13N3OS. The van der Waals surface area contributed by atoms with Gasteiger partial charge in [0, 0.05) is 24.2 Å². The van der Waals surface area contributed by atoms with Gasteiger partial charge in [-0.1, -0.05) is 6.07 Å². The third kappa shape index (κ3) is 1.61. The van der Waals surface area contributed by atoms with Gasteiger partial charge >= 0.3 is 0 Å². The van der Waals surface area contributed by atoms with Crippen molar-refractivity contribution in [3.05, 3.63) is 46.2 Å². The summed E-state index contributed by atoms with van der Waals surface area (Å²) < 4.78 is 0. The molecule has 1 amide bonds. The van der Waals surface area contributed by atoms with Crippen LogP contribution in [0, 0.1) is 0 Å². The van der Waals surface area contributed by atoms with Crippen molar-refractivity contribution in [3.8, 4) is 0 Å². The van der Waals surface area contributed by atoms with E-state index in [1.54, 1.807) is 6.33 Å². The smallest absolute Gasteiger partial charge is 0.264 e. The number of rotatable bonds is 1. The predicted molar refractivity (Wildman–Crippen MR) is 72.0 cm³/mol. The van der Waals surface area contributed by atoms with Gasteiger partial charge in [-0.25, -0.2) is 9.97 Å². The Bertz CT molecular complexity index is 625. The van der Waals surface area contributed by atoms with Gasteiger partial charge in [0.15, 0.2) is 0 Å². The largest absolute Gasteiger partial charge is 0.327 e. The first-order valence-corrected chi connectivity index (χ1v) is 7.37. The Morgan fingerprint density at radius 2 is 2.37 bits per heavy atom. The van der Waals surface area contributed by atoms with Crippen LogP contribution in [0.4, 0.5) is 0 Å². The summed E-state index contributed by atoms with van der Waals surface area (Å²) in [4.78, 5) is 24.0. The predicted octanol–water partition coefficient (Wildman–Crippen LogP) is 2.44. The molecule has 2 aromatic heterocycles. The van der Waals surface area contributed by atoms with Gasteiger partial charge in [-0.3, -0.25) is 4.79 Å². The lowest BCUT2D eigenvalue weighted by Gasteiger charge is -2.35. The zero-order valence-corrected chi connectivity index (χ0v) is 11.1. The maximum Gasteiger partial charge on any atom is 0.264 e. The van der Waals surface area contributed by atoms with Crippen LogP contribution >= 0.6 is 11.3 Å². The Morgan fingerprint density at radius 3 is 3.21 bits per heavy atom. The Balaban J connectivity index is 1.75. The summed E-state index contributed by atoms with van der Waals surface area (Å²) in [6.07, 6.45) is 6.45. The number of aromatic nitrogens is 2. The Kier molecular flexibility index (Phi) is 2.41. The summed E-state index contributed by atoms with van der Waals surface area (Å²) >= 11 is 1.52. The average molecular weight is 271 g/mol. The number of thiophene rings is 1. The van der Waals surface area contributed by atoms with E-state index >= 15 is 0 Å². The van der Waals surface area contributed by atoms with Gasteiger partial charge in [0.1, 0.15) is 6.33 Å². The molecule has 4 heterocycles. The number of nitrogens with zero attached hydrogens (tertiary/aromatic N) is 3. The summed E-state index contributed by atoms with van der Waals surface area (Å²) in [6.45, 7) is 0. The van der Waals surface area contributed by atoms with E-state index in [0.29, 0.717) is 6.04 Å². The molecule has 1 saturated heterocycles. The van der Waals surface area contributed by atoms with Crippen LogP contribution in [0.5, 0.6) is 0 Å². The summed E-state index contributed by atoms with van der Waals surface area (Å²) in [6, 6.07) is 4.32. The molecule has 0 aliphatic carbocycles. The van der Waals surface area contributed by atoms with E-state index in [4.69, 9.17) is 0 Å². The molecule has 96 valence electrons. The highest BCUT2D eigenvalue weighted by Gasteiger charge is 2.43. The van der Waals surface area contributed by atoms with E-state index in [-0.39, 0.29) is 11.9 Å². The highest BCUT2D eigenvalue weighted by atomic mass is 32.1. The molecule has 2 aliphatic heterocycles. The van der Waals surface area contributed by atoms with Crippen LogP contribution in [0.15, 0.2) is 30.0 Å². The van der Waals surface area contributed by atoms with Gasteiger partial charge in [-0.05, 0) is 24.3 Å². The van der Waals surface area contributed by atoms with Crippen molar-refractivity contribution in [2.45, 2.75) is 31.3 Å². The fourth-order valence-electron chi connectivity index (χ4n) is 3.26. The SMILES string of the molecule is O=C(c1cccs1)N1C2CCC1c1cncnc1C2. The van der Waals surface area contributed by atoms with Crippen molar-refractivity contribution in [1.29, 1.82) is 0 Å². The van der Waals surface area contributed by atoms with Crippen LogP contribution in [0.3, 0.4) is 0 Å². The third-order valence-corrected chi connectivity index (χ3v) is 4.94. The number of carbonyl (C=O) groups is 1. The first kappa shape index (κ1) is 11.1. The van der Waals surface area contributed by atoms with E-state index < -0.39 is 0 Å². The highest BCUT2D eigenvalue weighted by Crippen LogP contribution is 2.43. The van der Waals surface area contributed by atoms with Crippen LogP contribution in [-0.2, 0) is 6.42 Å². The maximum atomic E-state index is 12.6. The maximum absolute atomic E-state index is 12.6. The topological polar surface area (TPSA) is 46.1 Å². The number of amides is 1. The lowest BCUT2D eigenvalue weighted by atomic mass is 9.99. The third-order valence-electron chi connectivity index (χ3n) is 4.08. The van der Waals surface area contributed by atoms with Crippen LogP contribution < -0.4 is 0 Å². The second kappa shape index (κ2) is 4.13. The van der Waals surface area contributed by atoms with Gasteiger partial charge in [0.25, 0.3) is 5.91 Å². The first-order valence-electron chi connectivity index (χ1n) is 6.49. The number of hydrogen-bond donors (Lipinski definition) is 0. The molecule has 2 unspecified atom stereocenters. The molecule has 2 atom stereocenters. The van der Waals surface area contributed by atoms with Gasteiger partial charge in [-0.15, -0.1) is 11.3 Å². The van der Waals surface area contributed by atoms with Crippen molar-refractivity contribution >= 4 is 17.2 Å². The fourth-order valence-corrected chi connectivity index (χ4v) is 3.93. The van der Waals surface area contributed by atoms with Crippen LogP contribution in [-0.4, -0.2) is 26.8 Å². The molecule has 0 radical (unpaired) electrons. The quantitative estimate of drug-likeness (QED) is 0.800. The second-order valence-corrected chi connectivity index (χ2v) is 6.01. The summed E-state index contributed by atoms with van der Waals surface area (Å²) in [5.74, 6) is 0.164. The summed E-state index contributed by atoms with van der Waals surface area (Å²) in [5.41, 5.74) is 2.26. The lowest BCUT2D eigenvalue weighted by molar-refractivity contribution is 0.0649. The number of hydrogen-bond acceptors (Lipinski definition) is 4. The van der Waals surface area contributed by atoms with E-state index in [2.05, 4.69) is 14.9 Å². The van der Waals surface area contributed by atoms with Gasteiger partial charge in [0.2, 0.25) is 0 Å². The van der Waals surface area contributed by atoms with Crippen LogP contribution in [0.2, 0.25) is 0 Å². The number of carbonyl (C=O) groups excluding carboxylic acids is 1. The second-order valence-electron chi connectivity index (χ2n) is 5.07. The van der Waals surface area contributed by atoms with Gasteiger partial charge in [-0.2, -0.15) is 0 Å². The average Bonchev–Trinajstić information content (AvgIpc) is 3.06. The van der Waals surface area contributed by atoms with Gasteiger partial charge < -0.3 is 4.90 Å². The standard InChI is InChI=1S/C14H13N3OS/c18-14(13-2-1-5-19-13)17-9-3-4-12(17)10-7-15-8-16-11(10)6-9/h1-2,5,7-9,12H,3-4,6H2. The number of fused-ring (bicyclic) bond motifs is 4. The minimum Gasteiger partial charge on any atom is -0.327 e. The zero-order valence-electron chi connectivity index (χ0n) is 10.3. The molecule has 4 rings (SSSR count). The lowest BCUT2D eigenvalue weighted by Crippen LogP contribution is -2.42. The molecule has 19 heavy (non-hydrogen) atoms. The highest BCUT2D eigenvalue weighted by molar-refractivity contribution is 7.12. The Morgan fingerprint density at radius 1 is 1.42 bits per heavy atom. The first-order chi connectivity index (χ1) is 9.34. The minimum atomic E-state index is 0.164. The van der Waals surface area contributed by atoms with Crippen LogP contribution in [0.1, 0.15) is 39.8 Å².